The number of amides is 2. The number of hydrogen-bond donors (Lipinski definition) is 2. The van der Waals surface area contributed by atoms with Crippen LogP contribution in [0.5, 0.6) is 0 Å². The van der Waals surface area contributed by atoms with E-state index in [9.17, 15) is 9.59 Å². The van der Waals surface area contributed by atoms with Crippen molar-refractivity contribution in [2.24, 2.45) is 0 Å². The van der Waals surface area contributed by atoms with Gasteiger partial charge < -0.3 is 20.9 Å². The van der Waals surface area contributed by atoms with Gasteiger partial charge in [0.1, 0.15) is 0 Å². The van der Waals surface area contributed by atoms with E-state index in [1.54, 1.807) is 11.9 Å². The minimum Gasteiger partial charge on any atom is -0.397 e. The number of carbonyl (C=O) groups excluding carboxylic acids is 2. The summed E-state index contributed by atoms with van der Waals surface area (Å²) in [5.41, 5.74) is 9.48. The van der Waals surface area contributed by atoms with Gasteiger partial charge in [-0.05, 0) is 24.1 Å². The molecule has 0 saturated carbocycles. The fourth-order valence-electron chi connectivity index (χ4n) is 2.67. The highest BCUT2D eigenvalue weighted by Crippen LogP contribution is 2.33. The van der Waals surface area contributed by atoms with E-state index in [-0.39, 0.29) is 11.8 Å². The van der Waals surface area contributed by atoms with Gasteiger partial charge in [-0.2, -0.15) is 0 Å². The number of hydrogen-bond acceptors (Lipinski definition) is 4. The third-order valence-electron chi connectivity index (χ3n) is 3.95. The van der Waals surface area contributed by atoms with Crippen molar-refractivity contribution < 1.29 is 9.59 Å². The van der Waals surface area contributed by atoms with Crippen molar-refractivity contribution in [1.82, 2.24) is 4.90 Å². The van der Waals surface area contributed by atoms with Gasteiger partial charge in [0, 0.05) is 32.2 Å². The molecule has 0 atom stereocenters. The minimum atomic E-state index is 0.0303. The standard InChI is InChI=1S/C14H18N4O2/c1-17-4-5-18(8-14(17)20)12-7-11-9(6-10(12)15)2-3-13(19)16-11/h6-7H,2-5,8,15H2,1H3,(H,16,19). The Balaban J connectivity index is 1.92. The molecule has 0 aliphatic carbocycles. The SMILES string of the molecule is CN1CCN(c2cc3c(cc2N)CCC(=O)N3)CC1=O. The highest BCUT2D eigenvalue weighted by atomic mass is 16.2. The molecule has 0 unspecified atom stereocenters. The quantitative estimate of drug-likeness (QED) is 0.728. The van der Waals surface area contributed by atoms with E-state index in [0.717, 1.165) is 23.5 Å². The Morgan fingerprint density at radius 3 is 2.75 bits per heavy atom. The van der Waals surface area contributed by atoms with Crippen LogP contribution in [-0.4, -0.2) is 43.4 Å². The number of aryl methyl sites for hydroxylation is 1. The van der Waals surface area contributed by atoms with Crippen LogP contribution in [0, 0.1) is 0 Å². The molecule has 2 aliphatic rings. The first-order valence-corrected chi connectivity index (χ1v) is 6.76. The lowest BCUT2D eigenvalue weighted by molar-refractivity contribution is -0.129. The molecule has 0 spiro atoms. The molecule has 6 nitrogen and oxygen atoms in total. The summed E-state index contributed by atoms with van der Waals surface area (Å²) in [6.07, 6.45) is 1.21. The van der Waals surface area contributed by atoms with Gasteiger partial charge in [-0.1, -0.05) is 0 Å². The van der Waals surface area contributed by atoms with Gasteiger partial charge in [0.05, 0.1) is 17.9 Å². The summed E-state index contributed by atoms with van der Waals surface area (Å²) in [7, 11) is 1.80. The van der Waals surface area contributed by atoms with Crippen LogP contribution >= 0.6 is 0 Å². The second-order valence-corrected chi connectivity index (χ2v) is 5.35. The van der Waals surface area contributed by atoms with Crippen LogP contribution in [0.1, 0.15) is 12.0 Å². The maximum atomic E-state index is 11.8. The molecule has 106 valence electrons. The number of benzene rings is 1. The normalized spacial score (nSPS) is 18.9. The number of fused-ring (bicyclic) bond motifs is 1. The van der Waals surface area contributed by atoms with E-state index in [1.165, 1.54) is 0 Å². The molecule has 1 aromatic rings. The van der Waals surface area contributed by atoms with E-state index < -0.39 is 0 Å². The zero-order chi connectivity index (χ0) is 14.3. The van der Waals surface area contributed by atoms with Crippen molar-refractivity contribution in [2.45, 2.75) is 12.8 Å². The Bertz CT molecular complexity index is 585. The molecule has 0 aromatic heterocycles. The van der Waals surface area contributed by atoms with Gasteiger partial charge >= 0.3 is 0 Å². The minimum absolute atomic E-state index is 0.0303. The predicted octanol–water partition coefficient (Wildman–Crippen LogP) is 0.432. The van der Waals surface area contributed by atoms with Crippen LogP contribution in [-0.2, 0) is 16.0 Å². The Morgan fingerprint density at radius 1 is 1.20 bits per heavy atom. The van der Waals surface area contributed by atoms with Crippen LogP contribution in [0.4, 0.5) is 17.1 Å². The first-order valence-electron chi connectivity index (χ1n) is 6.76. The number of carbonyl (C=O) groups is 2. The molecule has 0 bridgehead atoms. The summed E-state index contributed by atoms with van der Waals surface area (Å²) in [5.74, 6) is 0.111. The third-order valence-corrected chi connectivity index (χ3v) is 3.95. The average Bonchev–Trinajstić information content (AvgIpc) is 2.42. The average molecular weight is 274 g/mol. The number of nitrogens with zero attached hydrogens (tertiary/aromatic N) is 2. The van der Waals surface area contributed by atoms with Gasteiger partial charge in [0.25, 0.3) is 0 Å². The molecular weight excluding hydrogens is 256 g/mol. The van der Waals surface area contributed by atoms with Gasteiger partial charge in [-0.3, -0.25) is 9.59 Å². The van der Waals surface area contributed by atoms with Crippen molar-refractivity contribution in [3.05, 3.63) is 17.7 Å². The van der Waals surface area contributed by atoms with Gasteiger partial charge in [0.2, 0.25) is 11.8 Å². The second-order valence-electron chi connectivity index (χ2n) is 5.35. The summed E-state index contributed by atoms with van der Waals surface area (Å²) in [6.45, 7) is 1.76. The number of nitrogen functional groups attached to an aromatic ring is 1. The molecule has 1 saturated heterocycles. The molecule has 2 amide bonds. The van der Waals surface area contributed by atoms with Gasteiger partial charge in [0.15, 0.2) is 0 Å². The monoisotopic (exact) mass is 274 g/mol. The maximum Gasteiger partial charge on any atom is 0.241 e. The van der Waals surface area contributed by atoms with E-state index >= 15 is 0 Å². The summed E-state index contributed by atoms with van der Waals surface area (Å²) in [6, 6.07) is 3.80. The summed E-state index contributed by atoms with van der Waals surface area (Å²) in [5, 5.41) is 2.87. The lowest BCUT2D eigenvalue weighted by Crippen LogP contribution is -2.48. The molecule has 1 fully saturated rings. The van der Waals surface area contributed by atoms with E-state index in [0.29, 0.717) is 31.6 Å². The van der Waals surface area contributed by atoms with Crippen molar-refractivity contribution in [3.63, 3.8) is 0 Å². The number of likely N-dealkylation sites (N-methyl/N-ethyl adjacent to an activating group) is 1. The fraction of sp³-hybridized carbons (Fsp3) is 0.429. The number of nitrogens with one attached hydrogen (secondary N) is 1. The smallest absolute Gasteiger partial charge is 0.241 e. The first-order chi connectivity index (χ1) is 9.54. The largest absolute Gasteiger partial charge is 0.397 e. The Morgan fingerprint density at radius 2 is 2.00 bits per heavy atom. The zero-order valence-corrected chi connectivity index (χ0v) is 11.5. The summed E-state index contributed by atoms with van der Waals surface area (Å²) < 4.78 is 0. The Labute approximate surface area is 117 Å². The molecule has 2 aliphatic heterocycles. The predicted molar refractivity (Wildman–Crippen MR) is 77.7 cm³/mol. The van der Waals surface area contributed by atoms with Crippen LogP contribution in [0.15, 0.2) is 12.1 Å². The number of nitrogens with two attached hydrogens (primary N) is 1. The van der Waals surface area contributed by atoms with Gasteiger partial charge in [-0.25, -0.2) is 0 Å². The number of rotatable bonds is 1. The Kier molecular flexibility index (Phi) is 3.00. The van der Waals surface area contributed by atoms with Crippen LogP contribution < -0.4 is 16.0 Å². The van der Waals surface area contributed by atoms with Crippen LogP contribution in [0.2, 0.25) is 0 Å². The topological polar surface area (TPSA) is 78.7 Å². The fourth-order valence-corrected chi connectivity index (χ4v) is 2.67. The Hall–Kier alpha value is -2.24. The van der Waals surface area contributed by atoms with Crippen molar-refractivity contribution >= 4 is 28.9 Å². The highest BCUT2D eigenvalue weighted by molar-refractivity contribution is 5.96. The third kappa shape index (κ3) is 2.17. The molecule has 1 aromatic carbocycles. The number of piperazine rings is 1. The molecule has 2 heterocycles. The summed E-state index contributed by atoms with van der Waals surface area (Å²) in [4.78, 5) is 27.0. The molecule has 20 heavy (non-hydrogen) atoms. The van der Waals surface area contributed by atoms with E-state index in [1.807, 2.05) is 17.0 Å². The van der Waals surface area contributed by atoms with Crippen molar-refractivity contribution in [3.8, 4) is 0 Å². The van der Waals surface area contributed by atoms with Crippen molar-refractivity contribution in [1.29, 1.82) is 0 Å². The summed E-state index contributed by atoms with van der Waals surface area (Å²) >= 11 is 0. The van der Waals surface area contributed by atoms with Gasteiger partial charge in [-0.15, -0.1) is 0 Å². The van der Waals surface area contributed by atoms with Crippen LogP contribution in [0.3, 0.4) is 0 Å². The van der Waals surface area contributed by atoms with E-state index in [4.69, 9.17) is 5.73 Å². The molecule has 0 radical (unpaired) electrons. The van der Waals surface area contributed by atoms with E-state index in [2.05, 4.69) is 5.32 Å². The lowest BCUT2D eigenvalue weighted by atomic mass is 10.0. The number of anilines is 3. The molecule has 3 N–H and O–H groups in total. The second kappa shape index (κ2) is 4.70. The molecule has 6 heteroatoms. The van der Waals surface area contributed by atoms with Crippen molar-refractivity contribution in [2.75, 3.05) is 42.6 Å². The first kappa shape index (κ1) is 12.8. The highest BCUT2D eigenvalue weighted by Gasteiger charge is 2.24. The maximum absolute atomic E-state index is 11.8. The zero-order valence-electron chi connectivity index (χ0n) is 11.5. The molecule has 3 rings (SSSR count). The molecular formula is C14H18N4O2. The van der Waals surface area contributed by atoms with Crippen LogP contribution in [0.25, 0.3) is 0 Å². The lowest BCUT2D eigenvalue weighted by Gasteiger charge is -2.34.